The number of aromatic nitrogens is 2. The zero-order valence-corrected chi connectivity index (χ0v) is 16.4. The first-order chi connectivity index (χ1) is 14.2. The van der Waals surface area contributed by atoms with E-state index in [9.17, 15) is 9.18 Å². The normalized spacial score (nSPS) is 15.6. The Morgan fingerprint density at radius 1 is 1.24 bits per heavy atom. The van der Waals surface area contributed by atoms with E-state index >= 15 is 0 Å². The van der Waals surface area contributed by atoms with E-state index in [4.69, 9.17) is 4.74 Å². The van der Waals surface area contributed by atoms with Gasteiger partial charge in [0.2, 0.25) is 5.91 Å². The van der Waals surface area contributed by atoms with Crippen molar-refractivity contribution < 1.29 is 13.9 Å². The highest BCUT2D eigenvalue weighted by atomic mass is 19.1. The van der Waals surface area contributed by atoms with Crippen LogP contribution in [0.1, 0.15) is 42.1 Å². The second-order valence-corrected chi connectivity index (χ2v) is 7.23. The number of rotatable bonds is 6. The molecule has 1 N–H and O–H groups in total. The summed E-state index contributed by atoms with van der Waals surface area (Å²) >= 11 is 0. The summed E-state index contributed by atoms with van der Waals surface area (Å²) in [5.41, 5.74) is 3.40. The van der Waals surface area contributed by atoms with E-state index in [1.807, 2.05) is 24.3 Å². The molecule has 0 aliphatic heterocycles. The number of nitrogens with zero attached hydrogens (tertiary/aromatic N) is 2. The summed E-state index contributed by atoms with van der Waals surface area (Å²) in [5, 5.41) is 7.55. The number of carbonyl (C=O) groups is 1. The SMILES string of the molecule is COc1ccccc1CCC(=O)N[C@@H]1CCCc2c1cnn2-c1ccccc1F. The van der Waals surface area contributed by atoms with Crippen LogP contribution in [0.15, 0.2) is 54.7 Å². The molecule has 1 aliphatic rings. The van der Waals surface area contributed by atoms with Crippen molar-refractivity contribution in [2.24, 2.45) is 0 Å². The zero-order chi connectivity index (χ0) is 20.2. The fraction of sp³-hybridized carbons (Fsp3) is 0.304. The minimum absolute atomic E-state index is 0.00704. The first-order valence-corrected chi connectivity index (χ1v) is 9.90. The number of carbonyl (C=O) groups excluding carboxylic acids is 1. The lowest BCUT2D eigenvalue weighted by Crippen LogP contribution is -2.31. The van der Waals surface area contributed by atoms with Gasteiger partial charge < -0.3 is 10.1 Å². The summed E-state index contributed by atoms with van der Waals surface area (Å²) in [6.07, 6.45) is 5.35. The van der Waals surface area contributed by atoms with Crippen LogP contribution in [0.25, 0.3) is 5.69 Å². The van der Waals surface area contributed by atoms with Crippen molar-refractivity contribution in [3.63, 3.8) is 0 Å². The van der Waals surface area contributed by atoms with Gasteiger partial charge in [0.1, 0.15) is 17.3 Å². The highest BCUT2D eigenvalue weighted by Crippen LogP contribution is 2.31. The molecule has 1 amide bonds. The summed E-state index contributed by atoms with van der Waals surface area (Å²) in [6, 6.07) is 14.3. The molecule has 29 heavy (non-hydrogen) atoms. The van der Waals surface area contributed by atoms with Crippen molar-refractivity contribution in [1.29, 1.82) is 0 Å². The summed E-state index contributed by atoms with van der Waals surface area (Å²) in [6.45, 7) is 0. The Labute approximate surface area is 169 Å². The van der Waals surface area contributed by atoms with E-state index in [0.29, 0.717) is 18.5 Å². The smallest absolute Gasteiger partial charge is 0.220 e. The molecule has 0 fully saturated rings. The lowest BCUT2D eigenvalue weighted by molar-refractivity contribution is -0.121. The van der Waals surface area contributed by atoms with E-state index in [2.05, 4.69) is 10.4 Å². The van der Waals surface area contributed by atoms with Gasteiger partial charge in [0.15, 0.2) is 0 Å². The standard InChI is InChI=1S/C23H24FN3O2/c1-29-22-12-5-2-7-16(22)13-14-23(28)26-19-9-6-11-20-17(19)15-25-27(20)21-10-4-3-8-18(21)24/h2-5,7-8,10,12,15,19H,6,9,11,13-14H2,1H3,(H,26,28)/t19-/m1/s1. The maximum atomic E-state index is 14.2. The van der Waals surface area contributed by atoms with Crippen LogP contribution in [-0.2, 0) is 17.6 Å². The molecule has 1 aliphatic carbocycles. The number of ether oxygens (including phenoxy) is 1. The molecule has 0 radical (unpaired) electrons. The molecule has 0 saturated heterocycles. The highest BCUT2D eigenvalue weighted by Gasteiger charge is 2.26. The van der Waals surface area contributed by atoms with Crippen molar-refractivity contribution in [2.75, 3.05) is 7.11 Å². The topological polar surface area (TPSA) is 56.1 Å². The summed E-state index contributed by atoms with van der Waals surface area (Å²) in [5.74, 6) is 0.486. The Hall–Kier alpha value is -3.15. The van der Waals surface area contributed by atoms with Gasteiger partial charge >= 0.3 is 0 Å². The number of aryl methyl sites for hydroxylation is 1. The molecule has 2 aromatic carbocycles. The van der Waals surface area contributed by atoms with Crippen molar-refractivity contribution in [3.8, 4) is 11.4 Å². The van der Waals surface area contributed by atoms with Gasteiger partial charge in [-0.1, -0.05) is 30.3 Å². The van der Waals surface area contributed by atoms with Crippen LogP contribution in [0.4, 0.5) is 4.39 Å². The van der Waals surface area contributed by atoms with E-state index in [1.165, 1.54) is 6.07 Å². The molecule has 3 aromatic rings. The van der Waals surface area contributed by atoms with Crippen molar-refractivity contribution >= 4 is 5.91 Å². The number of halogens is 1. The van der Waals surface area contributed by atoms with E-state index in [-0.39, 0.29) is 17.8 Å². The number of benzene rings is 2. The zero-order valence-electron chi connectivity index (χ0n) is 16.4. The van der Waals surface area contributed by atoms with Gasteiger partial charge in [0, 0.05) is 17.7 Å². The molecule has 4 rings (SSSR count). The van der Waals surface area contributed by atoms with Crippen LogP contribution < -0.4 is 10.1 Å². The lowest BCUT2D eigenvalue weighted by atomic mass is 9.92. The molecule has 0 saturated carbocycles. The maximum absolute atomic E-state index is 14.2. The van der Waals surface area contributed by atoms with Gasteiger partial charge in [0.05, 0.1) is 19.3 Å². The number of nitrogens with one attached hydrogen (secondary N) is 1. The average Bonchev–Trinajstić information content (AvgIpc) is 3.18. The second kappa shape index (κ2) is 8.47. The second-order valence-electron chi connectivity index (χ2n) is 7.23. The van der Waals surface area contributed by atoms with Crippen molar-refractivity contribution in [3.05, 3.63) is 77.4 Å². The molecule has 1 aromatic heterocycles. The van der Waals surface area contributed by atoms with Crippen LogP contribution in [0.5, 0.6) is 5.75 Å². The first kappa shape index (κ1) is 19.2. The molecular weight excluding hydrogens is 369 g/mol. The molecule has 5 nitrogen and oxygen atoms in total. The van der Waals surface area contributed by atoms with Gasteiger partial charge in [-0.2, -0.15) is 5.10 Å². The summed E-state index contributed by atoms with van der Waals surface area (Å²) in [7, 11) is 1.63. The number of amides is 1. The molecule has 0 bridgehead atoms. The van der Waals surface area contributed by atoms with Crippen LogP contribution in [0.3, 0.4) is 0 Å². The van der Waals surface area contributed by atoms with Gasteiger partial charge in [0.25, 0.3) is 0 Å². The Morgan fingerprint density at radius 2 is 2.03 bits per heavy atom. The third-order valence-electron chi connectivity index (χ3n) is 5.41. The third kappa shape index (κ3) is 4.01. The van der Waals surface area contributed by atoms with E-state index in [1.54, 1.807) is 36.2 Å². The van der Waals surface area contributed by atoms with Gasteiger partial charge in [-0.15, -0.1) is 0 Å². The molecule has 150 valence electrons. The molecule has 0 unspecified atom stereocenters. The Bertz CT molecular complexity index is 1010. The minimum Gasteiger partial charge on any atom is -0.496 e. The lowest BCUT2D eigenvalue weighted by Gasteiger charge is -2.24. The fourth-order valence-corrected chi connectivity index (χ4v) is 3.96. The van der Waals surface area contributed by atoms with Crippen LogP contribution >= 0.6 is 0 Å². The maximum Gasteiger partial charge on any atom is 0.220 e. The number of methoxy groups -OCH3 is 1. The molecule has 0 spiro atoms. The highest BCUT2D eigenvalue weighted by molar-refractivity contribution is 5.77. The first-order valence-electron chi connectivity index (χ1n) is 9.90. The number of fused-ring (bicyclic) bond motifs is 1. The van der Waals surface area contributed by atoms with Gasteiger partial charge in [-0.25, -0.2) is 9.07 Å². The van der Waals surface area contributed by atoms with Crippen molar-refractivity contribution in [1.82, 2.24) is 15.1 Å². The molecule has 1 heterocycles. The van der Waals surface area contributed by atoms with Gasteiger partial charge in [-0.3, -0.25) is 4.79 Å². The van der Waals surface area contributed by atoms with Crippen LogP contribution in [0, 0.1) is 5.82 Å². The largest absolute Gasteiger partial charge is 0.496 e. The van der Waals surface area contributed by atoms with E-state index < -0.39 is 0 Å². The predicted octanol–water partition coefficient (Wildman–Crippen LogP) is 4.15. The fourth-order valence-electron chi connectivity index (χ4n) is 3.96. The Morgan fingerprint density at radius 3 is 2.86 bits per heavy atom. The number of para-hydroxylation sites is 2. The molecule has 6 heteroatoms. The Balaban J connectivity index is 1.46. The quantitative estimate of drug-likeness (QED) is 0.685. The summed E-state index contributed by atoms with van der Waals surface area (Å²) in [4.78, 5) is 12.6. The monoisotopic (exact) mass is 393 g/mol. The summed E-state index contributed by atoms with van der Waals surface area (Å²) < 4.78 is 21.2. The van der Waals surface area contributed by atoms with Crippen LogP contribution in [0.2, 0.25) is 0 Å². The average molecular weight is 393 g/mol. The van der Waals surface area contributed by atoms with Crippen LogP contribution in [-0.4, -0.2) is 22.8 Å². The molecular formula is C23H24FN3O2. The number of hydrogen-bond donors (Lipinski definition) is 1. The third-order valence-corrected chi connectivity index (χ3v) is 5.41. The number of hydrogen-bond acceptors (Lipinski definition) is 3. The Kier molecular flexibility index (Phi) is 5.60. The van der Waals surface area contributed by atoms with Crippen molar-refractivity contribution in [2.45, 2.75) is 38.1 Å². The predicted molar refractivity (Wildman–Crippen MR) is 109 cm³/mol. The van der Waals surface area contributed by atoms with E-state index in [0.717, 1.165) is 41.8 Å². The van der Waals surface area contributed by atoms with Gasteiger partial charge in [-0.05, 0) is 49.4 Å². The molecule has 1 atom stereocenters. The minimum atomic E-state index is -0.304.